The number of aromatic nitrogens is 1. The highest BCUT2D eigenvalue weighted by molar-refractivity contribution is 7.26. The van der Waals surface area contributed by atoms with Crippen molar-refractivity contribution in [3.63, 3.8) is 0 Å². The van der Waals surface area contributed by atoms with E-state index in [1.54, 1.807) is 0 Å². The largest absolute Gasteiger partial charge is 0.355 e. The predicted molar refractivity (Wildman–Crippen MR) is 140 cm³/mol. The average molecular weight is 428 g/mol. The summed E-state index contributed by atoms with van der Waals surface area (Å²) in [6.45, 7) is 0. The molecule has 0 spiro atoms. The van der Waals surface area contributed by atoms with Gasteiger partial charge in [0.2, 0.25) is 0 Å². The van der Waals surface area contributed by atoms with Gasteiger partial charge in [0.1, 0.15) is 0 Å². The van der Waals surface area contributed by atoms with Crippen LogP contribution in [0, 0.1) is 0 Å². The Morgan fingerprint density at radius 3 is 2.38 bits per heavy atom. The molecule has 2 aromatic heterocycles. The van der Waals surface area contributed by atoms with E-state index in [1.807, 2.05) is 11.3 Å². The van der Waals surface area contributed by atoms with Crippen LogP contribution in [0.15, 0.2) is 97.1 Å². The zero-order valence-electron chi connectivity index (χ0n) is 17.6. The summed E-state index contributed by atoms with van der Waals surface area (Å²) < 4.78 is 2.74. The number of thiophene rings is 1. The van der Waals surface area contributed by atoms with Gasteiger partial charge in [-0.05, 0) is 65.4 Å². The lowest BCUT2D eigenvalue weighted by Crippen LogP contribution is -1.85. The van der Waals surface area contributed by atoms with E-state index in [0.717, 1.165) is 12.8 Å². The number of hydrogen-bond acceptors (Lipinski definition) is 1. The number of aromatic amines is 1. The third-order valence-corrected chi connectivity index (χ3v) is 7.86. The fraction of sp³-hybridized carbons (Fsp3) is 0.0667. The summed E-state index contributed by atoms with van der Waals surface area (Å²) in [7, 11) is 0. The first-order valence-electron chi connectivity index (χ1n) is 11.2. The number of allylic oxidation sites excluding steroid dienone is 4. The monoisotopic (exact) mass is 427 g/mol. The molecule has 0 saturated carbocycles. The van der Waals surface area contributed by atoms with Crippen LogP contribution in [0.4, 0.5) is 0 Å². The van der Waals surface area contributed by atoms with Gasteiger partial charge in [-0.3, -0.25) is 0 Å². The average Bonchev–Trinajstić information content (AvgIpc) is 3.42. The number of para-hydroxylation sites is 1. The van der Waals surface area contributed by atoms with Crippen molar-refractivity contribution in [2.75, 3.05) is 0 Å². The van der Waals surface area contributed by atoms with Crippen LogP contribution in [0.2, 0.25) is 0 Å². The molecule has 0 saturated heterocycles. The minimum atomic E-state index is 1.13. The molecule has 0 bridgehead atoms. The number of fused-ring (bicyclic) bond motifs is 6. The van der Waals surface area contributed by atoms with Crippen molar-refractivity contribution in [1.82, 2.24) is 4.98 Å². The van der Waals surface area contributed by atoms with Gasteiger partial charge in [0.15, 0.2) is 0 Å². The zero-order valence-corrected chi connectivity index (χ0v) is 18.4. The third kappa shape index (κ3) is 2.70. The topological polar surface area (TPSA) is 15.8 Å². The van der Waals surface area contributed by atoms with E-state index in [1.165, 1.54) is 64.2 Å². The lowest BCUT2D eigenvalue weighted by molar-refractivity contribution is 1.04. The fourth-order valence-electron chi connectivity index (χ4n) is 5.05. The SMILES string of the molecule is C1=CC(c2cccc3c2sc2ccc(-c4ccc5[nH]c6ccccc6c5c4)cc23)=CCC1. The Hall–Kier alpha value is -3.62. The Balaban J connectivity index is 1.42. The van der Waals surface area contributed by atoms with Crippen LogP contribution in [-0.2, 0) is 0 Å². The number of rotatable bonds is 2. The molecule has 0 unspecified atom stereocenters. The molecule has 1 N–H and O–H groups in total. The Morgan fingerprint density at radius 2 is 1.47 bits per heavy atom. The number of benzene rings is 4. The molecule has 0 amide bonds. The first-order chi connectivity index (χ1) is 15.8. The summed E-state index contributed by atoms with van der Waals surface area (Å²) in [6, 6.07) is 29.0. The smallest absolute Gasteiger partial charge is 0.0465 e. The number of nitrogens with one attached hydrogen (secondary N) is 1. The van der Waals surface area contributed by atoms with E-state index in [9.17, 15) is 0 Å². The summed E-state index contributed by atoms with van der Waals surface area (Å²) in [4.78, 5) is 3.53. The van der Waals surface area contributed by atoms with Crippen LogP contribution in [0.25, 0.3) is 58.7 Å². The fourth-order valence-corrected chi connectivity index (χ4v) is 6.26. The van der Waals surface area contributed by atoms with Crippen LogP contribution in [0.1, 0.15) is 18.4 Å². The van der Waals surface area contributed by atoms with Gasteiger partial charge in [0, 0.05) is 42.0 Å². The highest BCUT2D eigenvalue weighted by atomic mass is 32.1. The van der Waals surface area contributed by atoms with Gasteiger partial charge in [-0.1, -0.05) is 66.8 Å². The normalized spacial score (nSPS) is 14.1. The highest BCUT2D eigenvalue weighted by Crippen LogP contribution is 2.41. The van der Waals surface area contributed by atoms with Crippen molar-refractivity contribution >= 4 is 58.9 Å². The molecule has 1 aliphatic rings. The number of H-pyrrole nitrogens is 1. The third-order valence-electron chi connectivity index (χ3n) is 6.64. The van der Waals surface area contributed by atoms with Gasteiger partial charge < -0.3 is 4.98 Å². The quantitative estimate of drug-likeness (QED) is 0.284. The Labute approximate surface area is 190 Å². The summed E-state index contributed by atoms with van der Waals surface area (Å²) in [6.07, 6.45) is 9.23. The summed E-state index contributed by atoms with van der Waals surface area (Å²) >= 11 is 1.91. The van der Waals surface area contributed by atoms with Crippen molar-refractivity contribution in [3.8, 4) is 11.1 Å². The van der Waals surface area contributed by atoms with Crippen molar-refractivity contribution in [3.05, 3.63) is 103 Å². The molecule has 152 valence electrons. The lowest BCUT2D eigenvalue weighted by Gasteiger charge is -2.08. The van der Waals surface area contributed by atoms with Crippen molar-refractivity contribution in [2.45, 2.75) is 12.8 Å². The molecule has 0 fully saturated rings. The predicted octanol–water partition coefficient (Wildman–Crippen LogP) is 9.09. The molecule has 0 aliphatic heterocycles. The van der Waals surface area contributed by atoms with Gasteiger partial charge in [-0.2, -0.15) is 0 Å². The molecule has 1 nitrogen and oxygen atoms in total. The molecular weight excluding hydrogens is 406 g/mol. The first-order valence-corrected chi connectivity index (χ1v) is 12.0. The second-order valence-electron chi connectivity index (χ2n) is 8.57. The second kappa shape index (κ2) is 6.94. The summed E-state index contributed by atoms with van der Waals surface area (Å²) in [5, 5.41) is 5.28. The van der Waals surface area contributed by atoms with E-state index in [4.69, 9.17) is 0 Å². The van der Waals surface area contributed by atoms with E-state index < -0.39 is 0 Å². The van der Waals surface area contributed by atoms with Crippen molar-refractivity contribution in [1.29, 1.82) is 0 Å². The van der Waals surface area contributed by atoms with Crippen molar-refractivity contribution < 1.29 is 0 Å². The van der Waals surface area contributed by atoms with Crippen LogP contribution in [0.5, 0.6) is 0 Å². The zero-order chi connectivity index (χ0) is 21.1. The maximum absolute atomic E-state index is 3.53. The Kier molecular flexibility index (Phi) is 3.91. The molecule has 6 aromatic rings. The molecule has 0 atom stereocenters. The maximum atomic E-state index is 3.53. The van der Waals surface area contributed by atoms with Gasteiger partial charge in [-0.25, -0.2) is 0 Å². The van der Waals surface area contributed by atoms with Crippen molar-refractivity contribution in [2.24, 2.45) is 0 Å². The molecule has 7 rings (SSSR count). The molecule has 1 aliphatic carbocycles. The van der Waals surface area contributed by atoms with Gasteiger partial charge >= 0.3 is 0 Å². The Morgan fingerprint density at radius 1 is 0.656 bits per heavy atom. The molecule has 0 radical (unpaired) electrons. The lowest BCUT2D eigenvalue weighted by atomic mass is 9.97. The minimum Gasteiger partial charge on any atom is -0.355 e. The minimum absolute atomic E-state index is 1.13. The van der Waals surface area contributed by atoms with Gasteiger partial charge in [0.25, 0.3) is 0 Å². The van der Waals surface area contributed by atoms with Gasteiger partial charge in [-0.15, -0.1) is 11.3 Å². The molecular formula is C30H21NS. The van der Waals surface area contributed by atoms with E-state index >= 15 is 0 Å². The van der Waals surface area contributed by atoms with Crippen LogP contribution >= 0.6 is 11.3 Å². The molecule has 4 aromatic carbocycles. The highest BCUT2D eigenvalue weighted by Gasteiger charge is 2.13. The van der Waals surface area contributed by atoms with E-state index in [2.05, 4.69) is 102 Å². The second-order valence-corrected chi connectivity index (χ2v) is 9.62. The van der Waals surface area contributed by atoms with Gasteiger partial charge in [0.05, 0.1) is 0 Å². The Bertz CT molecular complexity index is 1720. The van der Waals surface area contributed by atoms with Crippen LogP contribution in [-0.4, -0.2) is 4.98 Å². The molecule has 2 heteroatoms. The van der Waals surface area contributed by atoms with Crippen LogP contribution < -0.4 is 0 Å². The van der Waals surface area contributed by atoms with E-state index in [-0.39, 0.29) is 0 Å². The molecule has 2 heterocycles. The summed E-state index contributed by atoms with van der Waals surface area (Å²) in [5.41, 5.74) is 7.64. The summed E-state index contributed by atoms with van der Waals surface area (Å²) in [5.74, 6) is 0. The molecule has 32 heavy (non-hydrogen) atoms. The van der Waals surface area contributed by atoms with E-state index in [0.29, 0.717) is 0 Å². The first kappa shape index (κ1) is 18.0. The maximum Gasteiger partial charge on any atom is 0.0465 e. The number of hydrogen-bond donors (Lipinski definition) is 1. The van der Waals surface area contributed by atoms with Crippen LogP contribution in [0.3, 0.4) is 0 Å². The standard InChI is InChI=1S/C30H21NS/c1-2-7-19(8-3-1)22-10-6-11-24-26-18-21(14-16-29(26)32-30(22)24)20-13-15-28-25(17-20)23-9-4-5-12-27(23)31-28/h2,4-18,31H,1,3H2.